The number of ether oxygens (including phenoxy) is 1. The van der Waals surface area contributed by atoms with Crippen LogP contribution >= 0.6 is 12.2 Å². The van der Waals surface area contributed by atoms with Gasteiger partial charge in [0.1, 0.15) is 5.82 Å². The standard InChI is InChI=1S/C11H13FN2OS/c1-15-6-2-5-14-10-7-8(12)3-4-9(10)13-11(14)16/h3-4,7H,2,5-6H2,1H3,(H,13,16). The largest absolute Gasteiger partial charge is 0.385 e. The first-order valence-corrected chi connectivity index (χ1v) is 5.50. The molecule has 0 saturated heterocycles. The maximum atomic E-state index is 13.1. The smallest absolute Gasteiger partial charge is 0.178 e. The molecule has 1 N–H and O–H groups in total. The molecular formula is C11H13FN2OS. The van der Waals surface area contributed by atoms with E-state index in [4.69, 9.17) is 17.0 Å². The van der Waals surface area contributed by atoms with Crippen LogP contribution in [0.25, 0.3) is 11.0 Å². The van der Waals surface area contributed by atoms with Gasteiger partial charge in [-0.15, -0.1) is 0 Å². The van der Waals surface area contributed by atoms with E-state index in [0.29, 0.717) is 11.4 Å². The molecule has 16 heavy (non-hydrogen) atoms. The fourth-order valence-corrected chi connectivity index (χ4v) is 2.01. The Morgan fingerprint density at radius 3 is 3.06 bits per heavy atom. The van der Waals surface area contributed by atoms with E-state index in [-0.39, 0.29) is 5.82 Å². The molecule has 3 nitrogen and oxygen atoms in total. The van der Waals surface area contributed by atoms with Gasteiger partial charge >= 0.3 is 0 Å². The third kappa shape index (κ3) is 2.15. The molecule has 0 fully saturated rings. The molecule has 1 heterocycles. The van der Waals surface area contributed by atoms with Crippen LogP contribution in [0.1, 0.15) is 6.42 Å². The molecule has 1 aromatic carbocycles. The Bertz CT molecular complexity index is 546. The zero-order chi connectivity index (χ0) is 11.5. The molecule has 0 aliphatic carbocycles. The molecule has 0 radical (unpaired) electrons. The van der Waals surface area contributed by atoms with E-state index < -0.39 is 0 Å². The highest BCUT2D eigenvalue weighted by molar-refractivity contribution is 7.71. The number of hydrogen-bond acceptors (Lipinski definition) is 2. The van der Waals surface area contributed by atoms with E-state index in [1.807, 2.05) is 4.57 Å². The average Bonchev–Trinajstić information content (AvgIpc) is 2.56. The van der Waals surface area contributed by atoms with Crippen molar-refractivity contribution < 1.29 is 9.13 Å². The summed E-state index contributed by atoms with van der Waals surface area (Å²) in [5.41, 5.74) is 1.67. The lowest BCUT2D eigenvalue weighted by Gasteiger charge is -2.03. The molecule has 0 spiro atoms. The quantitative estimate of drug-likeness (QED) is 0.658. The van der Waals surface area contributed by atoms with Crippen LogP contribution in [0.5, 0.6) is 0 Å². The van der Waals surface area contributed by atoms with Gasteiger partial charge < -0.3 is 14.3 Å². The summed E-state index contributed by atoms with van der Waals surface area (Å²) >= 11 is 5.19. The predicted octanol–water partition coefficient (Wildman–Crippen LogP) is 2.87. The van der Waals surface area contributed by atoms with E-state index >= 15 is 0 Å². The zero-order valence-electron chi connectivity index (χ0n) is 9.00. The van der Waals surface area contributed by atoms with E-state index in [2.05, 4.69) is 4.98 Å². The molecule has 86 valence electrons. The van der Waals surface area contributed by atoms with Crippen molar-refractivity contribution in [1.29, 1.82) is 0 Å². The Hall–Kier alpha value is -1.20. The van der Waals surface area contributed by atoms with Crippen LogP contribution in [0.2, 0.25) is 0 Å². The van der Waals surface area contributed by atoms with Crippen molar-refractivity contribution in [3.63, 3.8) is 0 Å². The van der Waals surface area contributed by atoms with Crippen LogP contribution in [0.15, 0.2) is 18.2 Å². The summed E-state index contributed by atoms with van der Waals surface area (Å²) in [7, 11) is 1.66. The summed E-state index contributed by atoms with van der Waals surface area (Å²) in [4.78, 5) is 3.05. The molecule has 0 bridgehead atoms. The van der Waals surface area contributed by atoms with Gasteiger partial charge in [0.05, 0.1) is 11.0 Å². The third-order valence-electron chi connectivity index (χ3n) is 2.47. The van der Waals surface area contributed by atoms with Crippen LogP contribution < -0.4 is 0 Å². The Morgan fingerprint density at radius 1 is 1.50 bits per heavy atom. The number of benzene rings is 1. The Balaban J connectivity index is 2.38. The summed E-state index contributed by atoms with van der Waals surface area (Å²) < 4.78 is 20.6. The number of aryl methyl sites for hydroxylation is 1. The summed E-state index contributed by atoms with van der Waals surface area (Å²) in [6.45, 7) is 1.40. The van der Waals surface area contributed by atoms with Gasteiger partial charge in [-0.05, 0) is 36.8 Å². The number of imidazole rings is 1. The molecule has 0 aliphatic rings. The molecule has 0 atom stereocenters. The van der Waals surface area contributed by atoms with Crippen molar-refractivity contribution in [3.05, 3.63) is 28.8 Å². The second-order valence-corrected chi connectivity index (χ2v) is 3.98. The number of methoxy groups -OCH3 is 1. The van der Waals surface area contributed by atoms with Crippen molar-refractivity contribution >= 4 is 23.3 Å². The minimum atomic E-state index is -0.248. The highest BCUT2D eigenvalue weighted by Gasteiger charge is 2.04. The number of halogens is 1. The Kier molecular flexibility index (Phi) is 3.36. The first kappa shape index (κ1) is 11.3. The Labute approximate surface area is 97.8 Å². The van der Waals surface area contributed by atoms with Gasteiger partial charge in [0.15, 0.2) is 4.77 Å². The predicted molar refractivity (Wildman–Crippen MR) is 63.6 cm³/mol. The molecule has 0 saturated carbocycles. The zero-order valence-corrected chi connectivity index (χ0v) is 9.81. The second-order valence-electron chi connectivity index (χ2n) is 3.59. The number of aromatic amines is 1. The fourth-order valence-electron chi connectivity index (χ4n) is 1.71. The summed E-state index contributed by atoms with van der Waals surface area (Å²) in [6, 6.07) is 4.62. The van der Waals surface area contributed by atoms with Crippen LogP contribution in [-0.4, -0.2) is 23.3 Å². The minimum absolute atomic E-state index is 0.248. The van der Waals surface area contributed by atoms with Gasteiger partial charge in [-0.1, -0.05) is 0 Å². The van der Waals surface area contributed by atoms with Gasteiger partial charge in [0.2, 0.25) is 0 Å². The molecule has 0 unspecified atom stereocenters. The summed E-state index contributed by atoms with van der Waals surface area (Å²) in [6.07, 6.45) is 0.855. The number of nitrogens with one attached hydrogen (secondary N) is 1. The lowest BCUT2D eigenvalue weighted by atomic mass is 10.3. The maximum absolute atomic E-state index is 13.1. The van der Waals surface area contributed by atoms with Crippen LogP contribution in [0, 0.1) is 10.6 Å². The monoisotopic (exact) mass is 240 g/mol. The van der Waals surface area contributed by atoms with Gasteiger partial charge in [-0.3, -0.25) is 0 Å². The second kappa shape index (κ2) is 4.76. The maximum Gasteiger partial charge on any atom is 0.178 e. The van der Waals surface area contributed by atoms with E-state index in [0.717, 1.165) is 24.0 Å². The number of hydrogen-bond donors (Lipinski definition) is 1. The minimum Gasteiger partial charge on any atom is -0.385 e. The van der Waals surface area contributed by atoms with E-state index in [9.17, 15) is 4.39 Å². The molecular weight excluding hydrogens is 227 g/mol. The van der Waals surface area contributed by atoms with Crippen LogP contribution in [0.3, 0.4) is 0 Å². The molecule has 2 aromatic rings. The van der Waals surface area contributed by atoms with Crippen molar-refractivity contribution in [3.8, 4) is 0 Å². The highest BCUT2D eigenvalue weighted by atomic mass is 32.1. The number of rotatable bonds is 4. The normalized spacial score (nSPS) is 11.1. The average molecular weight is 240 g/mol. The van der Waals surface area contributed by atoms with E-state index in [1.165, 1.54) is 12.1 Å². The third-order valence-corrected chi connectivity index (χ3v) is 2.79. The van der Waals surface area contributed by atoms with Gasteiger partial charge in [0, 0.05) is 20.3 Å². The van der Waals surface area contributed by atoms with Crippen molar-refractivity contribution in [2.45, 2.75) is 13.0 Å². The first-order valence-electron chi connectivity index (χ1n) is 5.09. The molecule has 0 aliphatic heterocycles. The van der Waals surface area contributed by atoms with Crippen LogP contribution in [0.4, 0.5) is 4.39 Å². The fraction of sp³-hybridized carbons (Fsp3) is 0.364. The number of nitrogens with zero attached hydrogens (tertiary/aromatic N) is 1. The molecule has 1 aromatic heterocycles. The summed E-state index contributed by atoms with van der Waals surface area (Å²) in [5, 5.41) is 0. The molecule has 0 amide bonds. The lowest BCUT2D eigenvalue weighted by Crippen LogP contribution is -2.01. The van der Waals surface area contributed by atoms with Crippen molar-refractivity contribution in [1.82, 2.24) is 9.55 Å². The summed E-state index contributed by atoms with van der Waals surface area (Å²) in [5.74, 6) is -0.248. The molecule has 2 rings (SSSR count). The highest BCUT2D eigenvalue weighted by Crippen LogP contribution is 2.15. The number of H-pyrrole nitrogens is 1. The topological polar surface area (TPSA) is 29.9 Å². The van der Waals surface area contributed by atoms with Crippen LogP contribution in [-0.2, 0) is 11.3 Å². The lowest BCUT2D eigenvalue weighted by molar-refractivity contribution is 0.190. The van der Waals surface area contributed by atoms with E-state index in [1.54, 1.807) is 13.2 Å². The van der Waals surface area contributed by atoms with Gasteiger partial charge in [-0.2, -0.15) is 0 Å². The van der Waals surface area contributed by atoms with Gasteiger partial charge in [0.25, 0.3) is 0 Å². The van der Waals surface area contributed by atoms with Gasteiger partial charge in [-0.25, -0.2) is 4.39 Å². The SMILES string of the molecule is COCCCn1c(=S)[nH]c2ccc(F)cc21. The molecule has 5 heteroatoms. The Morgan fingerprint density at radius 2 is 2.31 bits per heavy atom. The van der Waals surface area contributed by atoms with Crippen molar-refractivity contribution in [2.24, 2.45) is 0 Å². The van der Waals surface area contributed by atoms with Crippen molar-refractivity contribution in [2.75, 3.05) is 13.7 Å². The first-order chi connectivity index (χ1) is 7.72. The number of aromatic nitrogens is 2. The number of fused-ring (bicyclic) bond motifs is 1.